The Kier molecular flexibility index (Phi) is 8.29. The van der Waals surface area contributed by atoms with Gasteiger partial charge in [0, 0.05) is 35.1 Å². The van der Waals surface area contributed by atoms with Gasteiger partial charge in [0.2, 0.25) is 5.91 Å². The van der Waals surface area contributed by atoms with Crippen molar-refractivity contribution < 1.29 is 9.90 Å². The van der Waals surface area contributed by atoms with Crippen molar-refractivity contribution in [3.63, 3.8) is 0 Å². The standard InChI is InChI=1S/C20H27ClN4O2S/c1-4-22-19(24-13-20(3,27)17-9-6-12-28-17)23-11-10-18(26)25-16-8-5-7-15(21)14(16)2/h5-9,12,27H,4,10-11,13H2,1-3H3,(H,25,26)(H2,22,23,24). The molecule has 1 atom stereocenters. The van der Waals surface area contributed by atoms with Crippen LogP contribution in [0.2, 0.25) is 5.02 Å². The monoisotopic (exact) mass is 422 g/mol. The zero-order chi connectivity index (χ0) is 20.6. The topological polar surface area (TPSA) is 85.8 Å². The van der Waals surface area contributed by atoms with E-state index in [4.69, 9.17) is 11.6 Å². The number of nitrogens with one attached hydrogen (secondary N) is 3. The summed E-state index contributed by atoms with van der Waals surface area (Å²) in [5, 5.41) is 22.3. The molecule has 0 fully saturated rings. The first-order chi connectivity index (χ1) is 13.3. The van der Waals surface area contributed by atoms with Crippen LogP contribution in [0.3, 0.4) is 0 Å². The van der Waals surface area contributed by atoms with Crippen molar-refractivity contribution >= 4 is 40.5 Å². The fraction of sp³-hybridized carbons (Fsp3) is 0.400. The number of carbonyl (C=O) groups excluding carboxylic acids is 1. The molecule has 4 N–H and O–H groups in total. The zero-order valence-electron chi connectivity index (χ0n) is 16.4. The first-order valence-corrected chi connectivity index (χ1v) is 10.4. The molecule has 0 spiro atoms. The first kappa shape index (κ1) is 22.2. The Morgan fingerprint density at radius 2 is 2.07 bits per heavy atom. The molecule has 8 heteroatoms. The van der Waals surface area contributed by atoms with E-state index < -0.39 is 5.60 Å². The second-order valence-corrected chi connectivity index (χ2v) is 7.94. The van der Waals surface area contributed by atoms with Gasteiger partial charge in [0.1, 0.15) is 5.60 Å². The Labute approximate surface area is 175 Å². The average molecular weight is 423 g/mol. The molecule has 1 aromatic carbocycles. The van der Waals surface area contributed by atoms with Crippen molar-refractivity contribution in [3.05, 3.63) is 51.2 Å². The van der Waals surface area contributed by atoms with E-state index in [9.17, 15) is 9.90 Å². The molecule has 6 nitrogen and oxygen atoms in total. The van der Waals surface area contributed by atoms with Crippen LogP contribution in [0, 0.1) is 6.92 Å². The number of rotatable bonds is 8. The quantitative estimate of drug-likeness (QED) is 0.387. The maximum atomic E-state index is 12.2. The SMILES string of the molecule is CCNC(=NCC(C)(O)c1cccs1)NCCC(=O)Nc1cccc(Cl)c1C. The van der Waals surface area contributed by atoms with Crippen molar-refractivity contribution in [2.75, 3.05) is 25.0 Å². The van der Waals surface area contributed by atoms with Crippen molar-refractivity contribution in [1.29, 1.82) is 0 Å². The maximum Gasteiger partial charge on any atom is 0.226 e. The van der Waals surface area contributed by atoms with Gasteiger partial charge in [0.25, 0.3) is 0 Å². The number of nitrogens with zero attached hydrogens (tertiary/aromatic N) is 1. The molecule has 0 bridgehead atoms. The fourth-order valence-corrected chi connectivity index (χ4v) is 3.44. The van der Waals surface area contributed by atoms with Crippen LogP contribution >= 0.6 is 22.9 Å². The number of benzene rings is 1. The lowest BCUT2D eigenvalue weighted by Gasteiger charge is -2.20. The second-order valence-electron chi connectivity index (χ2n) is 6.58. The van der Waals surface area contributed by atoms with Crippen molar-refractivity contribution in [2.45, 2.75) is 32.8 Å². The first-order valence-electron chi connectivity index (χ1n) is 9.17. The minimum Gasteiger partial charge on any atom is -0.383 e. The number of amides is 1. The van der Waals surface area contributed by atoms with E-state index in [1.54, 1.807) is 19.1 Å². The van der Waals surface area contributed by atoms with Gasteiger partial charge >= 0.3 is 0 Å². The van der Waals surface area contributed by atoms with Crippen LogP contribution in [0.25, 0.3) is 0 Å². The Morgan fingerprint density at radius 3 is 2.75 bits per heavy atom. The molecule has 0 aliphatic carbocycles. The smallest absolute Gasteiger partial charge is 0.226 e. The molecule has 2 aromatic rings. The number of halogens is 1. The molecular weight excluding hydrogens is 396 g/mol. The summed E-state index contributed by atoms with van der Waals surface area (Å²) in [6.07, 6.45) is 0.275. The molecule has 28 heavy (non-hydrogen) atoms. The number of aliphatic hydroxyl groups is 1. The third kappa shape index (κ3) is 6.51. The highest BCUT2D eigenvalue weighted by atomic mass is 35.5. The number of carbonyl (C=O) groups is 1. The molecule has 1 heterocycles. The third-order valence-electron chi connectivity index (χ3n) is 4.13. The average Bonchev–Trinajstić information content (AvgIpc) is 3.19. The number of aliphatic imine (C=N–C) groups is 1. The lowest BCUT2D eigenvalue weighted by Crippen LogP contribution is -2.40. The Bertz CT molecular complexity index is 807. The van der Waals surface area contributed by atoms with Gasteiger partial charge < -0.3 is 21.1 Å². The predicted molar refractivity (Wildman–Crippen MR) is 117 cm³/mol. The van der Waals surface area contributed by atoms with E-state index in [2.05, 4.69) is 20.9 Å². The summed E-state index contributed by atoms with van der Waals surface area (Å²) in [5.74, 6) is 0.449. The number of guanidine groups is 1. The highest BCUT2D eigenvalue weighted by molar-refractivity contribution is 7.10. The number of hydrogen-bond acceptors (Lipinski definition) is 4. The Morgan fingerprint density at radius 1 is 1.29 bits per heavy atom. The van der Waals surface area contributed by atoms with Crippen LogP contribution in [0.15, 0.2) is 40.7 Å². The molecule has 1 aromatic heterocycles. The second kappa shape index (κ2) is 10.5. The van der Waals surface area contributed by atoms with Crippen LogP contribution in [0.4, 0.5) is 5.69 Å². The summed E-state index contributed by atoms with van der Waals surface area (Å²) < 4.78 is 0. The molecular formula is C20H27ClN4O2S. The van der Waals surface area contributed by atoms with Crippen LogP contribution in [0.1, 0.15) is 30.7 Å². The molecule has 1 amide bonds. The van der Waals surface area contributed by atoms with Crippen LogP contribution in [0.5, 0.6) is 0 Å². The maximum absolute atomic E-state index is 12.2. The lowest BCUT2D eigenvalue weighted by atomic mass is 10.1. The van der Waals surface area contributed by atoms with Crippen LogP contribution < -0.4 is 16.0 Å². The molecule has 0 aliphatic heterocycles. The summed E-state index contributed by atoms with van der Waals surface area (Å²) in [5.41, 5.74) is 0.527. The molecule has 152 valence electrons. The summed E-state index contributed by atoms with van der Waals surface area (Å²) >= 11 is 7.58. The van der Waals surface area contributed by atoms with E-state index in [0.717, 1.165) is 10.4 Å². The minimum atomic E-state index is -1.03. The van der Waals surface area contributed by atoms with Gasteiger partial charge in [0.05, 0.1) is 6.54 Å². The summed E-state index contributed by atoms with van der Waals surface area (Å²) in [6.45, 7) is 6.89. The predicted octanol–water partition coefficient (Wildman–Crippen LogP) is 3.50. The van der Waals surface area contributed by atoms with Crippen molar-refractivity contribution in [1.82, 2.24) is 10.6 Å². The van der Waals surface area contributed by atoms with E-state index in [0.29, 0.717) is 29.8 Å². The molecule has 0 aliphatic rings. The van der Waals surface area contributed by atoms with Crippen molar-refractivity contribution in [3.8, 4) is 0 Å². The number of anilines is 1. The normalized spacial score (nSPS) is 13.7. The van der Waals surface area contributed by atoms with Crippen LogP contribution in [-0.4, -0.2) is 36.6 Å². The molecule has 1 unspecified atom stereocenters. The lowest BCUT2D eigenvalue weighted by molar-refractivity contribution is -0.116. The van der Waals surface area contributed by atoms with Gasteiger partial charge in [-0.3, -0.25) is 4.79 Å². The number of thiophene rings is 1. The largest absolute Gasteiger partial charge is 0.383 e. The molecule has 0 radical (unpaired) electrons. The van der Waals surface area contributed by atoms with Gasteiger partial charge in [-0.25, -0.2) is 4.99 Å². The van der Waals surface area contributed by atoms with Gasteiger partial charge in [-0.1, -0.05) is 23.7 Å². The summed E-state index contributed by atoms with van der Waals surface area (Å²) in [7, 11) is 0. The van der Waals surface area contributed by atoms with Crippen LogP contribution in [-0.2, 0) is 10.4 Å². The van der Waals surface area contributed by atoms with Gasteiger partial charge in [-0.05, 0) is 49.9 Å². The van der Waals surface area contributed by atoms with E-state index in [1.807, 2.05) is 37.4 Å². The summed E-state index contributed by atoms with van der Waals surface area (Å²) in [4.78, 5) is 17.5. The van der Waals surface area contributed by atoms with Gasteiger partial charge in [0.15, 0.2) is 5.96 Å². The molecule has 0 saturated heterocycles. The third-order valence-corrected chi connectivity index (χ3v) is 5.66. The van der Waals surface area contributed by atoms with Crippen molar-refractivity contribution in [2.24, 2.45) is 4.99 Å². The molecule has 0 saturated carbocycles. The number of hydrogen-bond donors (Lipinski definition) is 4. The fourth-order valence-electron chi connectivity index (χ4n) is 2.49. The Hall–Kier alpha value is -2.09. The van der Waals surface area contributed by atoms with E-state index in [-0.39, 0.29) is 18.9 Å². The van der Waals surface area contributed by atoms with E-state index in [1.165, 1.54) is 11.3 Å². The zero-order valence-corrected chi connectivity index (χ0v) is 18.0. The van der Waals surface area contributed by atoms with E-state index >= 15 is 0 Å². The molecule has 2 rings (SSSR count). The highest BCUT2D eigenvalue weighted by Crippen LogP contribution is 2.25. The van der Waals surface area contributed by atoms with Gasteiger partial charge in [-0.2, -0.15) is 0 Å². The minimum absolute atomic E-state index is 0.112. The summed E-state index contributed by atoms with van der Waals surface area (Å²) in [6, 6.07) is 9.21. The highest BCUT2D eigenvalue weighted by Gasteiger charge is 2.24. The van der Waals surface area contributed by atoms with Gasteiger partial charge in [-0.15, -0.1) is 11.3 Å². The Balaban J connectivity index is 1.87.